The van der Waals surface area contributed by atoms with Crippen molar-refractivity contribution in [3.05, 3.63) is 49.4 Å². The summed E-state index contributed by atoms with van der Waals surface area (Å²) >= 11 is 13.5. The Balaban J connectivity index is 2.45. The Kier molecular flexibility index (Phi) is 4.61. The molecule has 2 rings (SSSR count). The predicted octanol–water partition coefficient (Wildman–Crippen LogP) is 5.04. The zero-order valence-corrected chi connectivity index (χ0v) is 14.2. The van der Waals surface area contributed by atoms with Crippen LogP contribution in [0.3, 0.4) is 0 Å². The maximum Gasteiger partial charge on any atom is 0.347 e. The lowest BCUT2D eigenvalue weighted by atomic mass is 9.91. The Morgan fingerprint density at radius 1 is 1.29 bits per heavy atom. The SMILES string of the molecule is CC(C)(C)c1nc(Cc2c(Cl)cccc2Cl)sc1C(=O)O. The molecule has 0 saturated heterocycles. The Morgan fingerprint density at radius 3 is 2.29 bits per heavy atom. The standard InChI is InChI=1S/C15H15Cl2NO2S/c1-15(2,3)13-12(14(19)20)21-11(18-13)7-8-9(16)5-4-6-10(8)17/h4-6H,7H2,1-3H3,(H,19,20). The summed E-state index contributed by atoms with van der Waals surface area (Å²) in [7, 11) is 0. The third-order valence-corrected chi connectivity index (χ3v) is 4.72. The van der Waals surface area contributed by atoms with Gasteiger partial charge in [-0.15, -0.1) is 11.3 Å². The van der Waals surface area contributed by atoms with Crippen molar-refractivity contribution in [3.63, 3.8) is 0 Å². The van der Waals surface area contributed by atoms with Gasteiger partial charge in [0.25, 0.3) is 0 Å². The van der Waals surface area contributed by atoms with Gasteiger partial charge in [-0.2, -0.15) is 0 Å². The highest BCUT2D eigenvalue weighted by molar-refractivity contribution is 7.13. The van der Waals surface area contributed by atoms with Gasteiger partial charge in [-0.25, -0.2) is 9.78 Å². The van der Waals surface area contributed by atoms with Crippen LogP contribution in [0.5, 0.6) is 0 Å². The smallest absolute Gasteiger partial charge is 0.347 e. The highest BCUT2D eigenvalue weighted by Gasteiger charge is 2.27. The van der Waals surface area contributed by atoms with Crippen molar-refractivity contribution in [2.75, 3.05) is 0 Å². The summed E-state index contributed by atoms with van der Waals surface area (Å²) in [5.41, 5.74) is 1.04. The van der Waals surface area contributed by atoms with E-state index in [9.17, 15) is 9.90 Å². The molecule has 0 aliphatic heterocycles. The largest absolute Gasteiger partial charge is 0.477 e. The molecule has 21 heavy (non-hydrogen) atoms. The van der Waals surface area contributed by atoms with Gasteiger partial charge in [-0.1, -0.05) is 50.0 Å². The van der Waals surface area contributed by atoms with Gasteiger partial charge < -0.3 is 5.11 Å². The molecule has 0 radical (unpaired) electrons. The molecule has 0 fully saturated rings. The highest BCUT2D eigenvalue weighted by atomic mass is 35.5. The second-order valence-electron chi connectivity index (χ2n) is 5.72. The van der Waals surface area contributed by atoms with Crippen molar-refractivity contribution in [1.29, 1.82) is 0 Å². The van der Waals surface area contributed by atoms with Gasteiger partial charge in [-0.3, -0.25) is 0 Å². The molecule has 3 nitrogen and oxygen atoms in total. The number of hydrogen-bond acceptors (Lipinski definition) is 3. The van der Waals surface area contributed by atoms with Crippen LogP contribution in [-0.2, 0) is 11.8 Å². The second kappa shape index (κ2) is 5.95. The lowest BCUT2D eigenvalue weighted by Crippen LogP contribution is -2.16. The van der Waals surface area contributed by atoms with Crippen molar-refractivity contribution in [1.82, 2.24) is 4.98 Å². The number of halogens is 2. The van der Waals surface area contributed by atoms with Gasteiger partial charge in [0, 0.05) is 21.9 Å². The van der Waals surface area contributed by atoms with Crippen LogP contribution in [0, 0.1) is 0 Å². The molecule has 1 heterocycles. The first-order chi connectivity index (χ1) is 9.70. The fourth-order valence-electron chi connectivity index (χ4n) is 1.95. The number of hydrogen-bond donors (Lipinski definition) is 1. The molecular formula is C15H15Cl2NO2S. The number of aromatic nitrogens is 1. The summed E-state index contributed by atoms with van der Waals surface area (Å²) in [6, 6.07) is 5.30. The van der Waals surface area contributed by atoms with E-state index in [1.165, 1.54) is 11.3 Å². The maximum atomic E-state index is 11.4. The number of carboxylic acids is 1. The van der Waals surface area contributed by atoms with Crippen LogP contribution in [0.2, 0.25) is 10.0 Å². The molecule has 0 atom stereocenters. The zero-order valence-electron chi connectivity index (χ0n) is 11.9. The minimum absolute atomic E-state index is 0.278. The van der Waals surface area contributed by atoms with E-state index in [0.29, 0.717) is 27.2 Å². The Bertz CT molecular complexity index is 669. The molecule has 6 heteroatoms. The average Bonchev–Trinajstić information content (AvgIpc) is 2.78. The van der Waals surface area contributed by atoms with Gasteiger partial charge in [0.1, 0.15) is 4.88 Å². The van der Waals surface area contributed by atoms with Crippen LogP contribution < -0.4 is 0 Å². The molecule has 2 aromatic rings. The molecule has 1 aromatic carbocycles. The van der Waals surface area contributed by atoms with Crippen LogP contribution >= 0.6 is 34.5 Å². The van der Waals surface area contributed by atoms with Crippen LogP contribution in [-0.4, -0.2) is 16.1 Å². The van der Waals surface area contributed by atoms with Gasteiger partial charge in [0.2, 0.25) is 0 Å². The number of carboxylic acid groups (broad SMARTS) is 1. The lowest BCUT2D eigenvalue weighted by molar-refractivity contribution is 0.0699. The molecule has 0 aliphatic carbocycles. The summed E-state index contributed by atoms with van der Waals surface area (Å²) in [6.45, 7) is 5.84. The quantitative estimate of drug-likeness (QED) is 0.849. The third-order valence-electron chi connectivity index (χ3n) is 2.97. The molecule has 0 aliphatic rings. The normalized spacial score (nSPS) is 11.7. The molecule has 0 bridgehead atoms. The first kappa shape index (κ1) is 16.3. The van der Waals surface area contributed by atoms with Crippen LogP contribution in [0.1, 0.15) is 46.7 Å². The molecule has 0 saturated carbocycles. The molecule has 1 N–H and O–H groups in total. The van der Waals surface area contributed by atoms with Crippen LogP contribution in [0.4, 0.5) is 0 Å². The lowest BCUT2D eigenvalue weighted by Gasteiger charge is -2.16. The van der Waals surface area contributed by atoms with Crippen LogP contribution in [0.15, 0.2) is 18.2 Å². The summed E-state index contributed by atoms with van der Waals surface area (Å²) in [6.07, 6.45) is 0.430. The number of benzene rings is 1. The predicted molar refractivity (Wildman–Crippen MR) is 87.0 cm³/mol. The van der Waals surface area contributed by atoms with E-state index < -0.39 is 5.97 Å². The van der Waals surface area contributed by atoms with Crippen molar-refractivity contribution >= 4 is 40.5 Å². The van der Waals surface area contributed by atoms with Gasteiger partial charge in [-0.05, 0) is 17.7 Å². The number of aromatic carboxylic acids is 1. The monoisotopic (exact) mass is 343 g/mol. The van der Waals surface area contributed by atoms with E-state index in [1.807, 2.05) is 20.8 Å². The second-order valence-corrected chi connectivity index (χ2v) is 7.62. The van der Waals surface area contributed by atoms with E-state index in [2.05, 4.69) is 4.98 Å². The molecule has 0 amide bonds. The average molecular weight is 344 g/mol. The zero-order chi connectivity index (χ0) is 15.8. The van der Waals surface area contributed by atoms with Crippen molar-refractivity contribution in [2.45, 2.75) is 32.6 Å². The Hall–Kier alpha value is -1.10. The Morgan fingerprint density at radius 2 is 1.86 bits per heavy atom. The molecule has 112 valence electrons. The maximum absolute atomic E-state index is 11.4. The number of rotatable bonds is 3. The molecule has 1 aromatic heterocycles. The van der Waals surface area contributed by atoms with E-state index in [4.69, 9.17) is 23.2 Å². The number of thiazole rings is 1. The van der Waals surface area contributed by atoms with Crippen molar-refractivity contribution in [3.8, 4) is 0 Å². The van der Waals surface area contributed by atoms with E-state index >= 15 is 0 Å². The van der Waals surface area contributed by atoms with Gasteiger partial charge in [0.15, 0.2) is 0 Å². The number of nitrogens with zero attached hydrogens (tertiary/aromatic N) is 1. The number of carbonyl (C=O) groups is 1. The first-order valence-corrected chi connectivity index (χ1v) is 7.93. The Labute approximate surface area is 137 Å². The van der Waals surface area contributed by atoms with E-state index in [-0.39, 0.29) is 10.3 Å². The van der Waals surface area contributed by atoms with Gasteiger partial charge >= 0.3 is 5.97 Å². The summed E-state index contributed by atoms with van der Waals surface area (Å²) < 4.78 is 0. The topological polar surface area (TPSA) is 50.2 Å². The summed E-state index contributed by atoms with van der Waals surface area (Å²) in [5.74, 6) is -0.950. The molecule has 0 unspecified atom stereocenters. The van der Waals surface area contributed by atoms with E-state index in [1.54, 1.807) is 18.2 Å². The summed E-state index contributed by atoms with van der Waals surface area (Å²) in [5, 5.41) is 11.2. The van der Waals surface area contributed by atoms with Crippen molar-refractivity contribution < 1.29 is 9.90 Å². The fourth-order valence-corrected chi connectivity index (χ4v) is 3.60. The first-order valence-electron chi connectivity index (χ1n) is 6.36. The third kappa shape index (κ3) is 3.57. The fraction of sp³-hybridized carbons (Fsp3) is 0.333. The molecule has 0 spiro atoms. The molecular weight excluding hydrogens is 329 g/mol. The minimum Gasteiger partial charge on any atom is -0.477 e. The van der Waals surface area contributed by atoms with E-state index in [0.717, 1.165) is 5.56 Å². The van der Waals surface area contributed by atoms with Gasteiger partial charge in [0.05, 0.1) is 10.7 Å². The summed E-state index contributed by atoms with van der Waals surface area (Å²) in [4.78, 5) is 16.2. The minimum atomic E-state index is -0.950. The highest BCUT2D eigenvalue weighted by Crippen LogP contribution is 2.33. The van der Waals surface area contributed by atoms with Crippen molar-refractivity contribution in [2.24, 2.45) is 0 Å². The van der Waals surface area contributed by atoms with Crippen LogP contribution in [0.25, 0.3) is 0 Å².